The van der Waals surface area contributed by atoms with Crippen LogP contribution in [0.3, 0.4) is 0 Å². The van der Waals surface area contributed by atoms with Gasteiger partial charge >= 0.3 is 11.5 Å². The van der Waals surface area contributed by atoms with Gasteiger partial charge in [0.2, 0.25) is 0 Å². The Hall–Kier alpha value is -4.14. The van der Waals surface area contributed by atoms with Gasteiger partial charge in [-0.15, -0.1) is 0 Å². The van der Waals surface area contributed by atoms with Gasteiger partial charge in [0.1, 0.15) is 17.4 Å². The number of ether oxygens (including phenoxy) is 1. The molecule has 0 unspecified atom stereocenters. The smallest absolute Gasteiger partial charge is 0.420 e. The second-order valence-corrected chi connectivity index (χ2v) is 6.53. The lowest BCUT2D eigenvalue weighted by molar-refractivity contribution is 0.407. The van der Waals surface area contributed by atoms with Crippen LogP contribution >= 0.6 is 0 Å². The predicted molar refractivity (Wildman–Crippen MR) is 109 cm³/mol. The van der Waals surface area contributed by atoms with E-state index in [4.69, 9.17) is 9.15 Å². The minimum atomic E-state index is -0.564. The molecule has 1 N–H and O–H groups in total. The van der Waals surface area contributed by atoms with Crippen LogP contribution in [0.1, 0.15) is 5.56 Å². The summed E-state index contributed by atoms with van der Waals surface area (Å²) in [5.41, 5.74) is 2.38. The summed E-state index contributed by atoms with van der Waals surface area (Å²) in [6.07, 6.45) is 0. The average Bonchev–Trinajstić information content (AvgIpc) is 3.27. The number of fused-ring (bicyclic) bond motifs is 2. The highest BCUT2D eigenvalue weighted by molar-refractivity contribution is 5.73. The zero-order valence-electron chi connectivity index (χ0n) is 16.2. The second kappa shape index (κ2) is 8.31. The molecule has 0 fully saturated rings. The Bertz CT molecular complexity index is 1480. The van der Waals surface area contributed by atoms with E-state index in [0.29, 0.717) is 27.9 Å². The van der Waals surface area contributed by atoms with Gasteiger partial charge in [-0.2, -0.15) is 0 Å². The zero-order chi connectivity index (χ0) is 22.0. The van der Waals surface area contributed by atoms with E-state index in [9.17, 15) is 18.4 Å². The molecule has 5 aromatic rings. The fourth-order valence-corrected chi connectivity index (χ4v) is 3.11. The van der Waals surface area contributed by atoms with Gasteiger partial charge in [-0.05, 0) is 30.3 Å². The van der Waals surface area contributed by atoms with Crippen LogP contribution in [0.5, 0.6) is 5.75 Å². The van der Waals surface area contributed by atoms with Crippen LogP contribution in [0.15, 0.2) is 79.1 Å². The molecule has 0 radical (unpaired) electrons. The summed E-state index contributed by atoms with van der Waals surface area (Å²) in [5, 5.41) is 0. The van der Waals surface area contributed by atoms with Gasteiger partial charge in [-0.25, -0.2) is 18.4 Å². The molecule has 0 aliphatic rings. The highest BCUT2D eigenvalue weighted by Crippen LogP contribution is 2.21. The minimum absolute atomic E-state index is 0.263. The van der Waals surface area contributed by atoms with Crippen LogP contribution < -0.4 is 16.2 Å². The molecule has 0 aliphatic heterocycles. The lowest BCUT2D eigenvalue weighted by atomic mass is 10.2. The highest BCUT2D eigenvalue weighted by atomic mass is 19.1. The van der Waals surface area contributed by atoms with Crippen molar-refractivity contribution < 1.29 is 22.4 Å². The molecule has 9 heteroatoms. The first kappa shape index (κ1) is 20.1. The molecule has 0 amide bonds. The third-order valence-electron chi connectivity index (χ3n) is 4.53. The maximum Gasteiger partial charge on any atom is 0.420 e. The topological polar surface area (TPSA) is 90.4 Å². The Kier molecular flexibility index (Phi) is 5.40. The normalized spacial score (nSPS) is 10.8. The van der Waals surface area contributed by atoms with Crippen molar-refractivity contribution in [3.63, 3.8) is 0 Å². The van der Waals surface area contributed by atoms with E-state index >= 15 is 0 Å². The number of benzene rings is 3. The fraction of sp³-hybridized carbons (Fsp3) is 0.0909. The van der Waals surface area contributed by atoms with E-state index in [2.05, 4.69) is 9.40 Å². The van der Waals surface area contributed by atoms with Crippen molar-refractivity contribution in [2.24, 2.45) is 0 Å². The van der Waals surface area contributed by atoms with Crippen molar-refractivity contribution in [1.82, 2.24) is 9.55 Å². The molecule has 7 nitrogen and oxygen atoms in total. The number of aromatic amines is 1. The van der Waals surface area contributed by atoms with Gasteiger partial charge in [0, 0.05) is 17.7 Å². The number of methoxy groups -OCH3 is 1. The van der Waals surface area contributed by atoms with Gasteiger partial charge in [-0.3, -0.25) is 9.55 Å². The molecule has 158 valence electrons. The SMILES string of the molecule is COc1ccccc1Cn1c(=O)oc2ccc(F)cc21.O=c1[nH]c2cc(F)ccc2o1. The maximum atomic E-state index is 13.3. The maximum absolute atomic E-state index is 13.3. The number of rotatable bonds is 3. The molecule has 0 saturated carbocycles. The highest BCUT2D eigenvalue weighted by Gasteiger charge is 2.12. The van der Waals surface area contributed by atoms with Crippen LogP contribution in [0.4, 0.5) is 8.78 Å². The number of H-pyrrole nitrogens is 1. The molecule has 3 aromatic carbocycles. The summed E-state index contributed by atoms with van der Waals surface area (Å²) in [6.45, 7) is 0.263. The Balaban J connectivity index is 0.000000177. The van der Waals surface area contributed by atoms with E-state index < -0.39 is 23.1 Å². The molecule has 0 atom stereocenters. The number of oxazole rings is 2. The molecule has 0 aliphatic carbocycles. The summed E-state index contributed by atoms with van der Waals surface area (Å²) in [5.74, 6) is -1.21. The second-order valence-electron chi connectivity index (χ2n) is 6.53. The molecule has 31 heavy (non-hydrogen) atoms. The van der Waals surface area contributed by atoms with Crippen LogP contribution in [0.2, 0.25) is 0 Å². The third kappa shape index (κ3) is 4.25. The fourth-order valence-electron chi connectivity index (χ4n) is 3.11. The quantitative estimate of drug-likeness (QED) is 0.470. The van der Waals surface area contributed by atoms with E-state index in [-0.39, 0.29) is 6.54 Å². The number of nitrogens with zero attached hydrogens (tertiary/aromatic N) is 1. The van der Waals surface area contributed by atoms with Crippen molar-refractivity contribution in [3.05, 3.63) is 99.0 Å². The van der Waals surface area contributed by atoms with Crippen molar-refractivity contribution in [2.45, 2.75) is 6.54 Å². The third-order valence-corrected chi connectivity index (χ3v) is 4.53. The zero-order valence-corrected chi connectivity index (χ0v) is 16.2. The standard InChI is InChI=1S/C15H12FNO3.C7H4FNO2/c1-19-13-5-3-2-4-10(13)9-17-12-8-11(16)6-7-14(12)20-15(17)18;8-4-1-2-6-5(3-4)9-7(10)11-6/h2-8H,9H2,1H3;1-3H,(H,9,10). The number of hydrogen-bond donors (Lipinski definition) is 1. The first-order valence-electron chi connectivity index (χ1n) is 9.14. The lowest BCUT2D eigenvalue weighted by Crippen LogP contribution is -2.15. The van der Waals surface area contributed by atoms with E-state index in [1.807, 2.05) is 24.3 Å². The van der Waals surface area contributed by atoms with Crippen molar-refractivity contribution in [2.75, 3.05) is 7.11 Å². The molecule has 0 bridgehead atoms. The Morgan fingerprint density at radius 1 is 0.935 bits per heavy atom. The molecular formula is C22H16F2N2O5. The molecule has 2 aromatic heterocycles. The molecule has 5 rings (SSSR count). The Morgan fingerprint density at radius 2 is 1.65 bits per heavy atom. The van der Waals surface area contributed by atoms with Gasteiger partial charge in [0.15, 0.2) is 11.2 Å². The monoisotopic (exact) mass is 426 g/mol. The lowest BCUT2D eigenvalue weighted by Gasteiger charge is -2.08. The Morgan fingerprint density at radius 3 is 2.42 bits per heavy atom. The molecule has 2 heterocycles. The first-order valence-corrected chi connectivity index (χ1v) is 9.14. The van der Waals surface area contributed by atoms with Crippen LogP contribution in [-0.2, 0) is 6.54 Å². The van der Waals surface area contributed by atoms with Gasteiger partial charge in [-0.1, -0.05) is 18.2 Å². The van der Waals surface area contributed by atoms with Gasteiger partial charge < -0.3 is 13.6 Å². The number of nitrogens with one attached hydrogen (secondary N) is 1. The van der Waals surface area contributed by atoms with Crippen LogP contribution in [0.25, 0.3) is 22.2 Å². The van der Waals surface area contributed by atoms with Crippen molar-refractivity contribution >= 4 is 22.2 Å². The van der Waals surface area contributed by atoms with E-state index in [1.165, 1.54) is 41.0 Å². The Labute approximate surface area is 173 Å². The summed E-state index contributed by atoms with van der Waals surface area (Å²) in [7, 11) is 1.56. The van der Waals surface area contributed by atoms with Crippen LogP contribution in [0, 0.1) is 11.6 Å². The summed E-state index contributed by atoms with van der Waals surface area (Å²) >= 11 is 0. The van der Waals surface area contributed by atoms with E-state index in [0.717, 1.165) is 5.56 Å². The number of hydrogen-bond acceptors (Lipinski definition) is 5. The summed E-state index contributed by atoms with van der Waals surface area (Å²) in [4.78, 5) is 24.8. The number of para-hydroxylation sites is 1. The summed E-state index contributed by atoms with van der Waals surface area (Å²) < 4.78 is 42.2. The van der Waals surface area contributed by atoms with Crippen molar-refractivity contribution in [1.29, 1.82) is 0 Å². The molecule has 0 saturated heterocycles. The number of aromatic nitrogens is 2. The first-order chi connectivity index (χ1) is 14.9. The minimum Gasteiger partial charge on any atom is -0.496 e. The van der Waals surface area contributed by atoms with E-state index in [1.54, 1.807) is 7.11 Å². The van der Waals surface area contributed by atoms with Crippen LogP contribution in [-0.4, -0.2) is 16.7 Å². The van der Waals surface area contributed by atoms with Gasteiger partial charge in [0.05, 0.1) is 24.7 Å². The molecular weight excluding hydrogens is 410 g/mol. The predicted octanol–water partition coefficient (Wildman–Crippen LogP) is 4.05. The average molecular weight is 426 g/mol. The number of halogens is 2. The van der Waals surface area contributed by atoms with Crippen molar-refractivity contribution in [3.8, 4) is 5.75 Å². The largest absolute Gasteiger partial charge is 0.496 e. The molecule has 0 spiro atoms. The summed E-state index contributed by atoms with van der Waals surface area (Å²) in [6, 6.07) is 15.2. The van der Waals surface area contributed by atoms with Gasteiger partial charge in [0.25, 0.3) is 0 Å².